The molecule has 168 valence electrons. The Labute approximate surface area is 176 Å². The van der Waals surface area contributed by atoms with Crippen molar-refractivity contribution in [1.29, 1.82) is 0 Å². The fraction of sp³-hybridized carbons (Fsp3) is 0.684. The van der Waals surface area contributed by atoms with Crippen molar-refractivity contribution in [2.24, 2.45) is 11.3 Å². The number of aliphatic hydroxyl groups excluding tert-OH is 1. The molecule has 1 fully saturated rings. The number of rotatable bonds is 9. The highest BCUT2D eigenvalue weighted by atomic mass is 31.1. The number of hydrogen-bond acceptors (Lipinski definition) is 8. The van der Waals surface area contributed by atoms with Gasteiger partial charge < -0.3 is 20.3 Å². The van der Waals surface area contributed by atoms with Crippen LogP contribution in [0.2, 0.25) is 0 Å². The van der Waals surface area contributed by atoms with E-state index in [1.165, 1.54) is 12.3 Å². The Morgan fingerprint density at radius 2 is 2.17 bits per heavy atom. The van der Waals surface area contributed by atoms with E-state index in [0.717, 1.165) is 16.6 Å². The smallest absolute Gasteiger partial charge is 0.385 e. The molecule has 6 atom stereocenters. The van der Waals surface area contributed by atoms with E-state index in [1.807, 2.05) is 6.92 Å². The Morgan fingerprint density at radius 1 is 1.50 bits per heavy atom. The summed E-state index contributed by atoms with van der Waals surface area (Å²) in [5.74, 6) is 0.218. The summed E-state index contributed by atoms with van der Waals surface area (Å²) < 4.78 is 28.9. The van der Waals surface area contributed by atoms with Crippen LogP contribution in [0.25, 0.3) is 0 Å². The normalized spacial score (nSPS) is 25.9. The molecule has 0 saturated carbocycles. The predicted octanol–water partition coefficient (Wildman–Crippen LogP) is 1.76. The number of nitrogen functional groups attached to an aromatic ring is 1. The van der Waals surface area contributed by atoms with Gasteiger partial charge in [-0.3, -0.25) is 4.57 Å². The highest BCUT2D eigenvalue weighted by Gasteiger charge is 2.50. The van der Waals surface area contributed by atoms with E-state index in [1.54, 1.807) is 0 Å². The number of allylic oxidation sites excluding steroid dienone is 1. The van der Waals surface area contributed by atoms with Crippen LogP contribution in [0.1, 0.15) is 40.3 Å². The summed E-state index contributed by atoms with van der Waals surface area (Å²) in [6.07, 6.45) is -2.46. The lowest BCUT2D eigenvalue weighted by atomic mass is 9.78. The van der Waals surface area contributed by atoms with Crippen LogP contribution in [-0.2, 0) is 18.6 Å². The van der Waals surface area contributed by atoms with Gasteiger partial charge in [-0.1, -0.05) is 26.3 Å². The van der Waals surface area contributed by atoms with Crippen LogP contribution in [-0.4, -0.2) is 51.1 Å². The van der Waals surface area contributed by atoms with Crippen molar-refractivity contribution in [3.63, 3.8) is 0 Å². The highest BCUT2D eigenvalue weighted by molar-refractivity contribution is 7.32. The number of anilines is 1. The van der Waals surface area contributed by atoms with Crippen LogP contribution < -0.4 is 11.4 Å². The number of ether oxygens (including phenoxy) is 2. The number of aromatic nitrogens is 2. The first-order chi connectivity index (χ1) is 13.9. The molecule has 0 bridgehead atoms. The third-order valence-corrected chi connectivity index (χ3v) is 5.49. The Kier molecular flexibility index (Phi) is 8.27. The molecular weight excluding hydrogens is 413 g/mol. The summed E-state index contributed by atoms with van der Waals surface area (Å²) in [7, 11) is -3.00. The molecule has 4 N–H and O–H groups in total. The lowest BCUT2D eigenvalue weighted by molar-refractivity contribution is -0.0749. The maximum absolute atomic E-state index is 12.1. The quantitative estimate of drug-likeness (QED) is 0.383. The van der Waals surface area contributed by atoms with Crippen molar-refractivity contribution in [2.75, 3.05) is 18.9 Å². The van der Waals surface area contributed by atoms with Crippen LogP contribution >= 0.6 is 8.25 Å². The van der Waals surface area contributed by atoms with Gasteiger partial charge in [0.25, 0.3) is 0 Å². The van der Waals surface area contributed by atoms with Gasteiger partial charge in [-0.15, -0.1) is 16.0 Å². The second kappa shape index (κ2) is 10.1. The SMILES string of the molecule is C=C(C)CC(COC[C@H]1O[C@@H](n2ccc(N)nc2=O)[C@H](O)[C@@H]1O[P+](=O)O)C(C)(C)C. The number of nitrogens with two attached hydrogens (primary N) is 1. The van der Waals surface area contributed by atoms with Gasteiger partial charge >= 0.3 is 13.9 Å². The molecule has 1 aliphatic heterocycles. The van der Waals surface area contributed by atoms with E-state index in [4.69, 9.17) is 19.7 Å². The first-order valence-electron chi connectivity index (χ1n) is 9.63. The molecule has 1 saturated heterocycles. The van der Waals surface area contributed by atoms with E-state index in [0.29, 0.717) is 6.61 Å². The molecule has 2 unspecified atom stereocenters. The molecule has 1 aromatic rings. The first kappa shape index (κ1) is 24.6. The summed E-state index contributed by atoms with van der Waals surface area (Å²) in [5, 5.41) is 10.6. The zero-order valence-electron chi connectivity index (χ0n) is 17.7. The average Bonchev–Trinajstić information content (AvgIpc) is 2.89. The van der Waals surface area contributed by atoms with Crippen LogP contribution in [0.3, 0.4) is 0 Å². The van der Waals surface area contributed by atoms with Gasteiger partial charge in [-0.25, -0.2) is 4.79 Å². The van der Waals surface area contributed by atoms with Gasteiger partial charge in [0.1, 0.15) is 18.0 Å². The van der Waals surface area contributed by atoms with Crippen molar-refractivity contribution < 1.29 is 28.6 Å². The Balaban J connectivity index is 2.13. The van der Waals surface area contributed by atoms with Crippen LogP contribution in [0.15, 0.2) is 29.2 Å². The zero-order chi connectivity index (χ0) is 22.6. The molecule has 0 radical (unpaired) electrons. The van der Waals surface area contributed by atoms with E-state index in [9.17, 15) is 19.4 Å². The molecular formula is C19H31N3O7P+. The molecule has 0 aliphatic carbocycles. The Morgan fingerprint density at radius 3 is 2.70 bits per heavy atom. The van der Waals surface area contributed by atoms with Crippen LogP contribution in [0.5, 0.6) is 0 Å². The second-order valence-electron chi connectivity index (χ2n) is 8.67. The fourth-order valence-corrected chi connectivity index (χ4v) is 3.77. The van der Waals surface area contributed by atoms with Gasteiger partial charge in [0.05, 0.1) is 13.2 Å². The maximum atomic E-state index is 12.1. The average molecular weight is 444 g/mol. The lowest BCUT2D eigenvalue weighted by Crippen LogP contribution is -2.37. The largest absolute Gasteiger partial charge is 0.695 e. The summed E-state index contributed by atoms with van der Waals surface area (Å²) in [6.45, 7) is 12.7. The van der Waals surface area contributed by atoms with Crippen molar-refractivity contribution in [2.45, 2.75) is 58.7 Å². The molecule has 11 heteroatoms. The fourth-order valence-electron chi connectivity index (χ4n) is 3.30. The summed E-state index contributed by atoms with van der Waals surface area (Å²) in [5.41, 5.74) is 5.79. The molecule has 1 aromatic heterocycles. The van der Waals surface area contributed by atoms with Gasteiger partial charge in [-0.05, 0) is 30.7 Å². The monoisotopic (exact) mass is 444 g/mol. The molecule has 0 amide bonds. The molecule has 2 rings (SSSR count). The molecule has 0 spiro atoms. The summed E-state index contributed by atoms with van der Waals surface area (Å²) in [4.78, 5) is 24.9. The summed E-state index contributed by atoms with van der Waals surface area (Å²) in [6, 6.07) is 1.38. The van der Waals surface area contributed by atoms with Gasteiger partial charge in [0.2, 0.25) is 0 Å². The van der Waals surface area contributed by atoms with Crippen LogP contribution in [0, 0.1) is 11.3 Å². The first-order valence-corrected chi connectivity index (χ1v) is 10.8. The van der Waals surface area contributed by atoms with E-state index in [2.05, 4.69) is 32.3 Å². The topological polar surface area (TPSA) is 146 Å². The molecule has 10 nitrogen and oxygen atoms in total. The number of aliphatic hydroxyl groups is 1. The zero-order valence-corrected chi connectivity index (χ0v) is 18.6. The third kappa shape index (κ3) is 6.41. The molecule has 1 aliphatic rings. The minimum absolute atomic E-state index is 0.00131. The van der Waals surface area contributed by atoms with E-state index in [-0.39, 0.29) is 23.8 Å². The van der Waals surface area contributed by atoms with Crippen molar-refractivity contribution >= 4 is 14.1 Å². The lowest BCUT2D eigenvalue weighted by Gasteiger charge is -2.31. The van der Waals surface area contributed by atoms with Crippen molar-refractivity contribution in [1.82, 2.24) is 9.55 Å². The van der Waals surface area contributed by atoms with Gasteiger partial charge in [0.15, 0.2) is 12.3 Å². The minimum Gasteiger partial charge on any atom is -0.385 e. The van der Waals surface area contributed by atoms with Crippen molar-refractivity contribution in [3.8, 4) is 0 Å². The molecule has 30 heavy (non-hydrogen) atoms. The van der Waals surface area contributed by atoms with Gasteiger partial charge in [-0.2, -0.15) is 4.98 Å². The van der Waals surface area contributed by atoms with Crippen molar-refractivity contribution in [3.05, 3.63) is 34.9 Å². The Hall–Kier alpha value is -1.68. The van der Waals surface area contributed by atoms with Crippen LogP contribution in [0.4, 0.5) is 5.82 Å². The predicted molar refractivity (Wildman–Crippen MR) is 111 cm³/mol. The maximum Gasteiger partial charge on any atom is 0.695 e. The van der Waals surface area contributed by atoms with E-state index >= 15 is 0 Å². The number of nitrogens with zero attached hydrogens (tertiary/aromatic N) is 2. The molecule has 2 heterocycles. The standard InChI is InChI=1S/C19H30N3O7P/c1-11(2)8-12(19(3,4)5)9-27-10-13-16(29-30(25)26)15(23)17(28-13)22-7-6-14(20)21-18(22)24/h6-7,12-13,15-17,23H,1,8-10H2,2-5H3,(H2-,20,21,24,25,26)/p+1/t12?,13-,15-,16-,17-/m1/s1. The summed E-state index contributed by atoms with van der Waals surface area (Å²) >= 11 is 0. The minimum atomic E-state index is -3.00. The number of hydrogen-bond donors (Lipinski definition) is 3. The third-order valence-electron chi connectivity index (χ3n) is 5.07. The second-order valence-corrected chi connectivity index (χ2v) is 9.35. The Bertz CT molecular complexity index is 823. The van der Waals surface area contributed by atoms with E-state index < -0.39 is 38.5 Å². The van der Waals surface area contributed by atoms with Gasteiger partial charge in [0, 0.05) is 10.8 Å². The molecule has 0 aromatic carbocycles. The highest BCUT2D eigenvalue weighted by Crippen LogP contribution is 2.36.